The SMILES string of the molecule is N#CCN(C(=O)Cl)c1ccc(Br)cc1.[C-]#[N+]c1cnn(C2CCN(C(=O)N(CC#N)c3ccc(Br)cc3)N=C2c2cccc(OC(F)(F)F)c2)c1.[C-]#[N+]c1cnn(C2CCNN=C2c2cccc(OC(F)(F)F)c2)c1. The van der Waals surface area contributed by atoms with Gasteiger partial charge in [0, 0.05) is 56.9 Å². The predicted octanol–water partition coefficient (Wildman–Crippen LogP) is 12.3. The highest BCUT2D eigenvalue weighted by molar-refractivity contribution is 9.10. The van der Waals surface area contributed by atoms with E-state index < -0.39 is 35.9 Å². The Morgan fingerprint density at radius 2 is 1.20 bits per heavy atom. The molecule has 2 unspecified atom stereocenters. The van der Waals surface area contributed by atoms with Gasteiger partial charge in [0.25, 0.3) is 0 Å². The molecule has 4 aromatic carbocycles. The van der Waals surface area contributed by atoms with Crippen molar-refractivity contribution in [2.45, 2.75) is 37.7 Å². The van der Waals surface area contributed by atoms with Crippen molar-refractivity contribution in [3.05, 3.63) is 165 Å². The average Bonchev–Trinajstić information content (AvgIpc) is 4.08. The van der Waals surface area contributed by atoms with Gasteiger partial charge in [0.15, 0.2) is 0 Å². The summed E-state index contributed by atoms with van der Waals surface area (Å²) in [6, 6.07) is 27.1. The molecule has 0 spiro atoms. The van der Waals surface area contributed by atoms with Crippen LogP contribution in [0.1, 0.15) is 36.1 Å². The van der Waals surface area contributed by atoms with E-state index in [1.807, 2.05) is 12.1 Å². The first kappa shape index (κ1) is 55.9. The van der Waals surface area contributed by atoms with Gasteiger partial charge in [0.1, 0.15) is 24.6 Å². The predicted molar refractivity (Wildman–Crippen MR) is 269 cm³/mol. The van der Waals surface area contributed by atoms with Crippen molar-refractivity contribution in [3.63, 3.8) is 0 Å². The van der Waals surface area contributed by atoms with Crippen LogP contribution in [0.2, 0.25) is 0 Å². The largest absolute Gasteiger partial charge is 0.573 e. The molecular formula is C48H35Br2ClF6N14O4. The van der Waals surface area contributed by atoms with Crippen molar-refractivity contribution in [1.82, 2.24) is 30.0 Å². The number of ether oxygens (including phenoxy) is 2. The second kappa shape index (κ2) is 25.5. The lowest BCUT2D eigenvalue weighted by Gasteiger charge is -2.33. The molecule has 2 aromatic heterocycles. The first-order valence-electron chi connectivity index (χ1n) is 21.5. The van der Waals surface area contributed by atoms with E-state index >= 15 is 0 Å². The van der Waals surface area contributed by atoms with Gasteiger partial charge in [-0.25, -0.2) is 19.5 Å². The summed E-state index contributed by atoms with van der Waals surface area (Å²) in [7, 11) is 0. The van der Waals surface area contributed by atoms with Gasteiger partial charge in [0.05, 0.1) is 61.2 Å². The summed E-state index contributed by atoms with van der Waals surface area (Å²) in [4.78, 5) is 33.5. The third kappa shape index (κ3) is 15.8. The smallest absolute Gasteiger partial charge is 0.406 e. The molecule has 0 bridgehead atoms. The molecule has 4 heterocycles. The highest BCUT2D eigenvalue weighted by Crippen LogP contribution is 2.32. The zero-order valence-corrected chi connectivity index (χ0v) is 42.2. The number of carbonyl (C=O) groups is 2. The van der Waals surface area contributed by atoms with E-state index in [2.05, 4.69) is 76.8 Å². The summed E-state index contributed by atoms with van der Waals surface area (Å²) in [6.45, 7) is 14.6. The number of urea groups is 1. The molecule has 8 rings (SSSR count). The fourth-order valence-electron chi connectivity index (χ4n) is 7.21. The number of aromatic nitrogens is 4. The van der Waals surface area contributed by atoms with Crippen molar-refractivity contribution < 1.29 is 45.4 Å². The Balaban J connectivity index is 0.000000205. The molecule has 384 valence electrons. The lowest BCUT2D eigenvalue weighted by molar-refractivity contribution is -0.275. The molecule has 1 N–H and O–H groups in total. The molecule has 0 aliphatic carbocycles. The van der Waals surface area contributed by atoms with Crippen LogP contribution in [0.15, 0.2) is 141 Å². The number of halogens is 9. The van der Waals surface area contributed by atoms with Gasteiger partial charge in [0.2, 0.25) is 11.4 Å². The van der Waals surface area contributed by atoms with Crippen molar-refractivity contribution in [3.8, 4) is 23.6 Å². The van der Waals surface area contributed by atoms with Gasteiger partial charge in [-0.3, -0.25) is 24.0 Å². The summed E-state index contributed by atoms with van der Waals surface area (Å²) in [5.41, 5.74) is 6.15. The van der Waals surface area contributed by atoms with E-state index in [0.717, 1.165) is 15.0 Å². The Morgan fingerprint density at radius 1 is 0.733 bits per heavy atom. The number of alkyl halides is 6. The van der Waals surface area contributed by atoms with Crippen LogP contribution in [-0.2, 0) is 0 Å². The molecule has 0 fully saturated rings. The maximum absolute atomic E-state index is 13.4. The van der Waals surface area contributed by atoms with Crippen LogP contribution in [0.25, 0.3) is 9.69 Å². The number of amides is 3. The Labute approximate surface area is 445 Å². The van der Waals surface area contributed by atoms with Gasteiger partial charge in [-0.1, -0.05) is 56.1 Å². The topological polar surface area (TPSA) is 191 Å². The summed E-state index contributed by atoms with van der Waals surface area (Å²) < 4.78 is 88.5. The van der Waals surface area contributed by atoms with Crippen LogP contribution in [-0.4, -0.2) is 86.3 Å². The first-order chi connectivity index (χ1) is 35.8. The Bertz CT molecular complexity index is 3220. The highest BCUT2D eigenvalue weighted by atomic mass is 79.9. The zero-order chi connectivity index (χ0) is 54.3. The number of benzene rings is 4. The maximum Gasteiger partial charge on any atom is 0.573 e. The molecule has 18 nitrogen and oxygen atoms in total. The first-order valence-corrected chi connectivity index (χ1v) is 23.5. The Kier molecular flexibility index (Phi) is 19.0. The van der Waals surface area contributed by atoms with Crippen molar-refractivity contribution in [2.75, 3.05) is 36.0 Å². The second-order valence-corrected chi connectivity index (χ2v) is 17.5. The number of anilines is 2. The number of rotatable bonds is 10. The van der Waals surface area contributed by atoms with Gasteiger partial charge < -0.3 is 14.9 Å². The highest BCUT2D eigenvalue weighted by Gasteiger charge is 2.35. The lowest BCUT2D eigenvalue weighted by atomic mass is 9.99. The van der Waals surface area contributed by atoms with E-state index in [1.165, 1.54) is 68.4 Å². The molecule has 75 heavy (non-hydrogen) atoms. The van der Waals surface area contributed by atoms with E-state index in [4.69, 9.17) is 30.0 Å². The number of hydrogen-bond acceptors (Lipinski definition) is 11. The molecule has 2 aliphatic heterocycles. The second-order valence-electron chi connectivity index (χ2n) is 15.3. The van der Waals surface area contributed by atoms with Crippen LogP contribution in [0.5, 0.6) is 11.5 Å². The Hall–Kier alpha value is -8.43. The minimum atomic E-state index is -4.89. The number of nitriles is 2. The minimum Gasteiger partial charge on any atom is -0.406 e. The number of nitrogens with one attached hydrogen (secondary N) is 1. The standard InChI is InChI=1S/C24H17BrF3N7O2.C15H12F3N5O.C9H6BrClN2O/c1-30-18-14-31-35(15-18)21-9-11-34(23(36)33(12-10-29)19-7-5-17(25)6-8-19)32-22(21)16-3-2-4-20(13-16)37-24(26,27)28;1-19-11-8-21-23(9-11)13-5-6-20-22-14(13)10-3-2-4-12(7-10)24-15(16,17)18;10-7-1-3-8(4-2-7)13(6-5-12)9(11)14/h2-8,13-15,21H,9,11-12H2;2-4,7-9,13,20H,5-6H2;1-4H,6H2. The van der Waals surface area contributed by atoms with Crippen LogP contribution in [0.3, 0.4) is 0 Å². The van der Waals surface area contributed by atoms with E-state index in [9.17, 15) is 41.2 Å². The fourth-order valence-corrected chi connectivity index (χ4v) is 7.89. The average molecular weight is 1180 g/mol. The summed E-state index contributed by atoms with van der Waals surface area (Å²) in [5, 5.41) is 35.4. The van der Waals surface area contributed by atoms with E-state index in [-0.39, 0.29) is 48.4 Å². The van der Waals surface area contributed by atoms with Gasteiger partial charge in [-0.2, -0.15) is 30.9 Å². The molecule has 2 aliphatic rings. The Morgan fingerprint density at radius 3 is 1.65 bits per heavy atom. The van der Waals surface area contributed by atoms with Crippen LogP contribution in [0.4, 0.5) is 58.7 Å². The maximum atomic E-state index is 13.4. The molecular weight excluding hydrogens is 1150 g/mol. The molecule has 0 radical (unpaired) electrons. The summed E-state index contributed by atoms with van der Waals surface area (Å²) in [5.74, 6) is -0.757. The van der Waals surface area contributed by atoms with Gasteiger partial charge in [-0.15, -0.1) is 26.3 Å². The monoisotopic (exact) mass is 1180 g/mol. The molecule has 0 saturated carbocycles. The third-order valence-electron chi connectivity index (χ3n) is 10.4. The van der Waals surface area contributed by atoms with Crippen LogP contribution in [0, 0.1) is 35.8 Å². The number of carbonyl (C=O) groups excluding carboxylic acids is 2. The summed E-state index contributed by atoms with van der Waals surface area (Å²) in [6.07, 6.45) is -2.79. The van der Waals surface area contributed by atoms with Crippen molar-refractivity contribution in [2.24, 2.45) is 10.2 Å². The molecule has 2 atom stereocenters. The molecule has 0 saturated heterocycles. The summed E-state index contributed by atoms with van der Waals surface area (Å²) >= 11 is 11.9. The molecule has 27 heteroatoms. The van der Waals surface area contributed by atoms with Crippen LogP contribution >= 0.6 is 43.5 Å². The third-order valence-corrected chi connectivity index (χ3v) is 11.7. The number of nitrogens with zero attached hydrogens (tertiary/aromatic N) is 13. The normalized spacial score (nSPS) is 14.9. The van der Waals surface area contributed by atoms with Gasteiger partial charge in [-0.05, 0) is 97.2 Å². The van der Waals surface area contributed by atoms with E-state index in [0.29, 0.717) is 47.7 Å². The van der Waals surface area contributed by atoms with E-state index in [1.54, 1.807) is 71.5 Å². The number of hydrogen-bond donors (Lipinski definition) is 1. The number of hydrazone groups is 2. The molecule has 6 aromatic rings. The van der Waals surface area contributed by atoms with Crippen LogP contribution < -0.4 is 24.7 Å². The zero-order valence-electron chi connectivity index (χ0n) is 38.3. The quantitative estimate of drug-likeness (QED) is 0.0457. The van der Waals surface area contributed by atoms with Crippen molar-refractivity contribution >= 4 is 89.0 Å². The van der Waals surface area contributed by atoms with Crippen molar-refractivity contribution in [1.29, 1.82) is 10.5 Å². The lowest BCUT2D eigenvalue weighted by Crippen LogP contribution is -2.45. The molecule has 3 amide bonds. The minimum absolute atomic E-state index is 0.0516. The van der Waals surface area contributed by atoms with Gasteiger partial charge >= 0.3 is 24.1 Å². The fraction of sp³-hybridized carbons (Fsp3) is 0.208.